The van der Waals surface area contributed by atoms with Gasteiger partial charge in [-0.2, -0.15) is 0 Å². The van der Waals surface area contributed by atoms with Crippen LogP contribution in [0.2, 0.25) is 5.15 Å². The molecule has 0 N–H and O–H groups in total. The molecule has 1 aromatic carbocycles. The fourth-order valence-electron chi connectivity index (χ4n) is 3.32. The summed E-state index contributed by atoms with van der Waals surface area (Å²) in [6.07, 6.45) is 5.42. The highest BCUT2D eigenvalue weighted by atomic mass is 35.5. The van der Waals surface area contributed by atoms with Gasteiger partial charge in [-0.25, -0.2) is 4.98 Å². The molecule has 4 rings (SSSR count). The molecule has 0 unspecified atom stereocenters. The first kappa shape index (κ1) is 19.1. The number of nitrogens with zero attached hydrogens (tertiary/aromatic N) is 5. The molecule has 0 saturated carbocycles. The van der Waals surface area contributed by atoms with Gasteiger partial charge in [-0.05, 0) is 43.0 Å². The van der Waals surface area contributed by atoms with E-state index in [4.69, 9.17) is 16.3 Å². The molecule has 1 fully saturated rings. The Bertz CT molecular complexity index is 925. The molecule has 0 atom stereocenters. The highest BCUT2D eigenvalue weighted by molar-refractivity contribution is 7.98. The van der Waals surface area contributed by atoms with Crippen molar-refractivity contribution in [2.24, 2.45) is 0 Å². The van der Waals surface area contributed by atoms with Crippen molar-refractivity contribution in [1.82, 2.24) is 19.7 Å². The molecule has 0 radical (unpaired) electrons. The van der Waals surface area contributed by atoms with Gasteiger partial charge in [-0.1, -0.05) is 41.6 Å². The molecule has 2 aromatic heterocycles. The van der Waals surface area contributed by atoms with Crippen LogP contribution in [-0.2, 0) is 5.75 Å². The molecule has 0 spiro atoms. The highest BCUT2D eigenvalue weighted by Crippen LogP contribution is 2.33. The van der Waals surface area contributed by atoms with E-state index in [0.717, 1.165) is 46.9 Å². The third-order valence-corrected chi connectivity index (χ3v) is 5.96. The van der Waals surface area contributed by atoms with Gasteiger partial charge in [0, 0.05) is 25.0 Å². The van der Waals surface area contributed by atoms with Crippen LogP contribution in [0.3, 0.4) is 0 Å². The Balaban J connectivity index is 1.69. The smallest absolute Gasteiger partial charge is 0.232 e. The van der Waals surface area contributed by atoms with Crippen LogP contribution in [-0.4, -0.2) is 39.9 Å². The van der Waals surface area contributed by atoms with Gasteiger partial charge in [-0.15, -0.1) is 10.2 Å². The van der Waals surface area contributed by atoms with Gasteiger partial charge >= 0.3 is 0 Å². The molecule has 0 amide bonds. The third-order valence-electron chi connectivity index (χ3n) is 4.74. The summed E-state index contributed by atoms with van der Waals surface area (Å²) in [5, 5.41) is 10.4. The van der Waals surface area contributed by atoms with Gasteiger partial charge in [0.2, 0.25) is 5.95 Å². The largest absolute Gasteiger partial charge is 0.495 e. The average Bonchev–Trinajstić information content (AvgIpc) is 3.17. The Labute approximate surface area is 173 Å². The van der Waals surface area contributed by atoms with Crippen molar-refractivity contribution in [3.05, 3.63) is 53.3 Å². The summed E-state index contributed by atoms with van der Waals surface area (Å²) in [6, 6.07) is 11.8. The number of ether oxygens (including phenoxy) is 1. The molecule has 1 aliphatic heterocycles. The van der Waals surface area contributed by atoms with Crippen LogP contribution in [0.15, 0.2) is 47.8 Å². The van der Waals surface area contributed by atoms with Crippen molar-refractivity contribution in [2.45, 2.75) is 30.2 Å². The number of methoxy groups -OCH3 is 1. The Morgan fingerprint density at radius 3 is 2.64 bits per heavy atom. The van der Waals surface area contributed by atoms with E-state index in [9.17, 15) is 0 Å². The molecule has 0 bridgehead atoms. The minimum Gasteiger partial charge on any atom is -0.495 e. The van der Waals surface area contributed by atoms with Crippen LogP contribution < -0.4 is 9.64 Å². The lowest BCUT2D eigenvalue weighted by molar-refractivity contribution is 0.412. The second-order valence-electron chi connectivity index (χ2n) is 6.62. The molecule has 3 aromatic rings. The fourth-order valence-corrected chi connectivity index (χ4v) is 4.31. The molecule has 1 aliphatic rings. The number of thioether (sulfide) groups is 1. The fraction of sp³-hybridized carbons (Fsp3) is 0.350. The number of benzene rings is 1. The Morgan fingerprint density at radius 1 is 1.07 bits per heavy atom. The van der Waals surface area contributed by atoms with E-state index in [2.05, 4.69) is 24.6 Å². The first-order chi connectivity index (χ1) is 13.8. The molecule has 28 heavy (non-hydrogen) atoms. The molecule has 146 valence electrons. The standard InChI is InChI=1S/C20H22ClN5OS/c1-27-17-8-4-3-7-16(17)26-19(25-11-5-2-6-12-25)23-24-20(26)28-14-15-9-10-18(21)22-13-15/h3-4,7-10,13H,2,5-6,11-12,14H2,1H3. The zero-order valence-corrected chi connectivity index (χ0v) is 17.3. The first-order valence-electron chi connectivity index (χ1n) is 9.33. The highest BCUT2D eigenvalue weighted by Gasteiger charge is 2.23. The number of pyridine rings is 1. The van der Waals surface area contributed by atoms with E-state index in [0.29, 0.717) is 5.15 Å². The molecule has 3 heterocycles. The molecule has 8 heteroatoms. The SMILES string of the molecule is COc1ccccc1-n1c(SCc2ccc(Cl)nc2)nnc1N1CCCCC1. The Hall–Kier alpha value is -2.25. The summed E-state index contributed by atoms with van der Waals surface area (Å²) in [5.41, 5.74) is 2.04. The molecule has 0 aliphatic carbocycles. The maximum absolute atomic E-state index is 5.89. The van der Waals surface area contributed by atoms with E-state index in [1.807, 2.05) is 36.4 Å². The summed E-state index contributed by atoms with van der Waals surface area (Å²) in [4.78, 5) is 6.48. The maximum Gasteiger partial charge on any atom is 0.232 e. The lowest BCUT2D eigenvalue weighted by atomic mass is 10.1. The number of rotatable bonds is 6. The number of hydrogen-bond acceptors (Lipinski definition) is 6. The first-order valence-corrected chi connectivity index (χ1v) is 10.7. The summed E-state index contributed by atoms with van der Waals surface area (Å²) < 4.78 is 7.72. The van der Waals surface area contributed by atoms with Crippen molar-refractivity contribution >= 4 is 29.3 Å². The topological polar surface area (TPSA) is 56.1 Å². The number of anilines is 1. The average molecular weight is 416 g/mol. The summed E-state index contributed by atoms with van der Waals surface area (Å²) in [5.74, 6) is 2.41. The zero-order chi connectivity index (χ0) is 19.3. The summed E-state index contributed by atoms with van der Waals surface area (Å²) >= 11 is 7.52. The van der Waals surface area contributed by atoms with E-state index in [-0.39, 0.29) is 0 Å². The van der Waals surface area contributed by atoms with E-state index in [1.54, 1.807) is 25.1 Å². The third kappa shape index (κ3) is 4.10. The molecule has 1 saturated heterocycles. The van der Waals surface area contributed by atoms with Crippen LogP contribution in [0.1, 0.15) is 24.8 Å². The number of aromatic nitrogens is 4. The van der Waals surface area contributed by atoms with Crippen LogP contribution >= 0.6 is 23.4 Å². The van der Waals surface area contributed by atoms with Crippen molar-refractivity contribution < 1.29 is 4.74 Å². The van der Waals surface area contributed by atoms with E-state index in [1.165, 1.54) is 19.3 Å². The minimum atomic E-state index is 0.498. The number of para-hydroxylation sites is 2. The normalized spacial score (nSPS) is 14.3. The quantitative estimate of drug-likeness (QED) is 0.433. The molecule has 6 nitrogen and oxygen atoms in total. The number of piperidine rings is 1. The van der Waals surface area contributed by atoms with Gasteiger partial charge in [0.25, 0.3) is 0 Å². The number of halogens is 1. The lowest BCUT2D eigenvalue weighted by Crippen LogP contribution is -2.31. The molecular formula is C20H22ClN5OS. The predicted octanol–water partition coefficient (Wildman–Crippen LogP) is 4.61. The van der Waals surface area contributed by atoms with Gasteiger partial charge in [-0.3, -0.25) is 4.57 Å². The maximum atomic E-state index is 5.89. The lowest BCUT2D eigenvalue weighted by Gasteiger charge is -2.28. The minimum absolute atomic E-state index is 0.498. The van der Waals surface area contributed by atoms with Gasteiger partial charge in [0.1, 0.15) is 10.9 Å². The van der Waals surface area contributed by atoms with Crippen LogP contribution in [0, 0.1) is 0 Å². The van der Waals surface area contributed by atoms with Crippen LogP contribution in [0.5, 0.6) is 5.75 Å². The Morgan fingerprint density at radius 2 is 1.89 bits per heavy atom. The van der Waals surface area contributed by atoms with Crippen molar-refractivity contribution in [3.8, 4) is 11.4 Å². The van der Waals surface area contributed by atoms with E-state index < -0.39 is 0 Å². The van der Waals surface area contributed by atoms with Crippen molar-refractivity contribution in [1.29, 1.82) is 0 Å². The second-order valence-corrected chi connectivity index (χ2v) is 7.95. The second kappa shape index (κ2) is 8.84. The Kier molecular flexibility index (Phi) is 6.02. The van der Waals surface area contributed by atoms with Gasteiger partial charge in [0.15, 0.2) is 5.16 Å². The summed E-state index contributed by atoms with van der Waals surface area (Å²) in [6.45, 7) is 2.00. The molecular weight excluding hydrogens is 394 g/mol. The van der Waals surface area contributed by atoms with Gasteiger partial charge in [0.05, 0.1) is 12.8 Å². The van der Waals surface area contributed by atoms with Crippen molar-refractivity contribution in [2.75, 3.05) is 25.1 Å². The van der Waals surface area contributed by atoms with Crippen LogP contribution in [0.4, 0.5) is 5.95 Å². The van der Waals surface area contributed by atoms with Gasteiger partial charge < -0.3 is 9.64 Å². The monoisotopic (exact) mass is 415 g/mol. The zero-order valence-electron chi connectivity index (χ0n) is 15.7. The van der Waals surface area contributed by atoms with Crippen LogP contribution in [0.25, 0.3) is 5.69 Å². The summed E-state index contributed by atoms with van der Waals surface area (Å²) in [7, 11) is 1.69. The van der Waals surface area contributed by atoms with E-state index >= 15 is 0 Å². The predicted molar refractivity (Wildman–Crippen MR) is 113 cm³/mol. The van der Waals surface area contributed by atoms with Crippen molar-refractivity contribution in [3.63, 3.8) is 0 Å². The number of hydrogen-bond donors (Lipinski definition) is 0.